The highest BCUT2D eigenvalue weighted by molar-refractivity contribution is 6.08. The number of carbonyl (C=O) groups excluding carboxylic acids is 2. The van der Waals surface area contributed by atoms with Crippen molar-refractivity contribution in [3.05, 3.63) is 59.2 Å². The maximum Gasteiger partial charge on any atom is 0.337 e. The molecule has 0 aromatic heterocycles. The predicted molar refractivity (Wildman–Crippen MR) is 124 cm³/mol. The monoisotopic (exact) mass is 438 g/mol. The lowest BCUT2D eigenvalue weighted by Gasteiger charge is -2.36. The van der Waals surface area contributed by atoms with Crippen LogP contribution in [0.2, 0.25) is 0 Å². The number of carboxylic acids is 1. The second kappa shape index (κ2) is 10.8. The summed E-state index contributed by atoms with van der Waals surface area (Å²) in [6, 6.07) is 12.2. The molecule has 1 aliphatic rings. The maximum absolute atomic E-state index is 12.6. The van der Waals surface area contributed by atoms with Crippen LogP contribution in [0.3, 0.4) is 0 Å². The summed E-state index contributed by atoms with van der Waals surface area (Å²) in [6.07, 6.45) is 0.910. The molecule has 3 N–H and O–H groups in total. The van der Waals surface area contributed by atoms with Gasteiger partial charge in [0.15, 0.2) is 0 Å². The summed E-state index contributed by atoms with van der Waals surface area (Å²) in [5.41, 5.74) is 2.42. The predicted octanol–water partition coefficient (Wildman–Crippen LogP) is 2.59. The number of aromatic carboxylic acids is 1. The lowest BCUT2D eigenvalue weighted by molar-refractivity contribution is -0.122. The first-order valence-corrected chi connectivity index (χ1v) is 10.9. The van der Waals surface area contributed by atoms with E-state index in [1.165, 1.54) is 0 Å². The van der Waals surface area contributed by atoms with Crippen LogP contribution in [0.5, 0.6) is 0 Å². The topological polar surface area (TPSA) is 102 Å². The van der Waals surface area contributed by atoms with E-state index in [4.69, 9.17) is 0 Å². The average molecular weight is 439 g/mol. The molecule has 0 unspecified atom stereocenters. The molecule has 1 aliphatic heterocycles. The molecule has 1 heterocycles. The van der Waals surface area contributed by atoms with Crippen LogP contribution in [0.25, 0.3) is 0 Å². The van der Waals surface area contributed by atoms with Gasteiger partial charge in [0, 0.05) is 44.0 Å². The quantitative estimate of drug-likeness (QED) is 0.586. The first kappa shape index (κ1) is 23.3. The molecule has 8 heteroatoms. The SMILES string of the molecule is CCCNC(=O)CN1CCN(c2ccc(NC(=O)c3ccccc3C)c(C(=O)O)c2)CC1. The number of nitrogens with one attached hydrogen (secondary N) is 2. The number of piperazine rings is 1. The number of hydrogen-bond donors (Lipinski definition) is 3. The van der Waals surface area contributed by atoms with E-state index < -0.39 is 5.97 Å². The molecule has 2 aromatic carbocycles. The average Bonchev–Trinajstić information content (AvgIpc) is 2.78. The van der Waals surface area contributed by atoms with E-state index in [1.54, 1.807) is 24.3 Å². The molecule has 32 heavy (non-hydrogen) atoms. The fourth-order valence-electron chi connectivity index (χ4n) is 3.72. The smallest absolute Gasteiger partial charge is 0.337 e. The Bertz CT molecular complexity index is 984. The summed E-state index contributed by atoms with van der Waals surface area (Å²) in [5.74, 6) is -1.41. The Morgan fingerprint density at radius 3 is 2.38 bits per heavy atom. The summed E-state index contributed by atoms with van der Waals surface area (Å²) < 4.78 is 0. The molecule has 170 valence electrons. The summed E-state index contributed by atoms with van der Waals surface area (Å²) in [7, 11) is 0. The van der Waals surface area contributed by atoms with Gasteiger partial charge in [-0.3, -0.25) is 14.5 Å². The van der Waals surface area contributed by atoms with Crippen LogP contribution >= 0.6 is 0 Å². The number of amides is 2. The van der Waals surface area contributed by atoms with Gasteiger partial charge in [0.1, 0.15) is 0 Å². The minimum absolute atomic E-state index is 0.0298. The third-order valence-electron chi connectivity index (χ3n) is 5.55. The van der Waals surface area contributed by atoms with E-state index >= 15 is 0 Å². The zero-order valence-corrected chi connectivity index (χ0v) is 18.6. The van der Waals surface area contributed by atoms with E-state index in [9.17, 15) is 19.5 Å². The molecule has 0 aliphatic carbocycles. The standard InChI is InChI=1S/C24H30N4O4/c1-3-10-25-22(29)16-27-11-13-28(14-12-27)18-8-9-21(20(15-18)24(31)32)26-23(30)19-7-5-4-6-17(19)2/h4-9,15H,3,10-14,16H2,1-2H3,(H,25,29)(H,26,30)(H,31,32). The van der Waals surface area contributed by atoms with Crippen molar-refractivity contribution < 1.29 is 19.5 Å². The summed E-state index contributed by atoms with van der Waals surface area (Å²) in [6.45, 7) is 7.72. The van der Waals surface area contributed by atoms with Crippen LogP contribution in [0, 0.1) is 6.92 Å². The minimum atomic E-state index is -1.10. The van der Waals surface area contributed by atoms with Gasteiger partial charge >= 0.3 is 5.97 Å². The first-order valence-electron chi connectivity index (χ1n) is 10.9. The molecule has 8 nitrogen and oxygen atoms in total. The van der Waals surface area contributed by atoms with Gasteiger partial charge in [-0.25, -0.2) is 4.79 Å². The fraction of sp³-hybridized carbons (Fsp3) is 0.375. The Morgan fingerprint density at radius 2 is 1.72 bits per heavy atom. The molecule has 2 amide bonds. The fourth-order valence-corrected chi connectivity index (χ4v) is 3.72. The number of carboxylic acid groups (broad SMARTS) is 1. The summed E-state index contributed by atoms with van der Waals surface area (Å²) >= 11 is 0. The zero-order valence-electron chi connectivity index (χ0n) is 18.6. The molecular formula is C24H30N4O4. The molecule has 0 spiro atoms. The molecule has 3 rings (SSSR count). The Hall–Kier alpha value is -3.39. The van der Waals surface area contributed by atoms with Crippen molar-refractivity contribution in [3.63, 3.8) is 0 Å². The number of anilines is 2. The van der Waals surface area contributed by atoms with Crippen LogP contribution < -0.4 is 15.5 Å². The van der Waals surface area contributed by atoms with E-state index in [2.05, 4.69) is 20.4 Å². The van der Waals surface area contributed by atoms with Crippen molar-refractivity contribution in [2.24, 2.45) is 0 Å². The van der Waals surface area contributed by atoms with Gasteiger partial charge < -0.3 is 20.6 Å². The highest BCUT2D eigenvalue weighted by atomic mass is 16.4. The van der Waals surface area contributed by atoms with Gasteiger partial charge in [0.25, 0.3) is 5.91 Å². The van der Waals surface area contributed by atoms with Gasteiger partial charge in [-0.1, -0.05) is 25.1 Å². The molecule has 0 atom stereocenters. The third kappa shape index (κ3) is 5.85. The maximum atomic E-state index is 12.6. The molecule has 0 saturated carbocycles. The number of rotatable bonds is 8. The van der Waals surface area contributed by atoms with Crippen LogP contribution in [0.1, 0.15) is 39.6 Å². The number of hydrogen-bond acceptors (Lipinski definition) is 5. The zero-order chi connectivity index (χ0) is 23.1. The van der Waals surface area contributed by atoms with E-state index in [-0.39, 0.29) is 23.1 Å². The van der Waals surface area contributed by atoms with E-state index in [0.717, 1.165) is 17.7 Å². The van der Waals surface area contributed by atoms with Crippen molar-refractivity contribution in [2.75, 3.05) is 49.5 Å². The number of carbonyl (C=O) groups is 3. The normalized spacial score (nSPS) is 14.1. The second-order valence-corrected chi connectivity index (χ2v) is 7.92. The highest BCUT2D eigenvalue weighted by Crippen LogP contribution is 2.25. The molecule has 1 fully saturated rings. The Labute approximate surface area is 188 Å². The van der Waals surface area contributed by atoms with Crippen LogP contribution in [0.4, 0.5) is 11.4 Å². The lowest BCUT2D eigenvalue weighted by Crippen LogP contribution is -2.49. The third-order valence-corrected chi connectivity index (χ3v) is 5.55. The summed E-state index contributed by atoms with van der Waals surface area (Å²) in [5, 5.41) is 15.3. The van der Waals surface area contributed by atoms with Gasteiger partial charge in [-0.2, -0.15) is 0 Å². The molecule has 0 radical (unpaired) electrons. The van der Waals surface area contributed by atoms with Gasteiger partial charge in [0.2, 0.25) is 5.91 Å². The minimum Gasteiger partial charge on any atom is -0.478 e. The Balaban J connectivity index is 1.66. The van der Waals surface area contributed by atoms with Crippen LogP contribution in [0.15, 0.2) is 42.5 Å². The van der Waals surface area contributed by atoms with Crippen molar-refractivity contribution in [3.8, 4) is 0 Å². The second-order valence-electron chi connectivity index (χ2n) is 7.92. The number of nitrogens with zero attached hydrogens (tertiary/aromatic N) is 2. The van der Waals surface area contributed by atoms with Gasteiger partial charge in [-0.05, 0) is 43.2 Å². The largest absolute Gasteiger partial charge is 0.478 e. The van der Waals surface area contributed by atoms with Gasteiger partial charge in [0.05, 0.1) is 17.8 Å². The first-order chi connectivity index (χ1) is 15.4. The number of benzene rings is 2. The Morgan fingerprint density at radius 1 is 1.00 bits per heavy atom. The molecule has 1 saturated heterocycles. The van der Waals surface area contributed by atoms with E-state index in [0.29, 0.717) is 44.8 Å². The Kier molecular flexibility index (Phi) is 7.83. The van der Waals surface area contributed by atoms with Crippen molar-refractivity contribution in [1.82, 2.24) is 10.2 Å². The lowest BCUT2D eigenvalue weighted by atomic mass is 10.1. The van der Waals surface area contributed by atoms with Crippen LogP contribution in [-0.4, -0.2) is 67.1 Å². The van der Waals surface area contributed by atoms with Crippen molar-refractivity contribution in [2.45, 2.75) is 20.3 Å². The van der Waals surface area contributed by atoms with Crippen molar-refractivity contribution in [1.29, 1.82) is 0 Å². The van der Waals surface area contributed by atoms with E-state index in [1.807, 2.05) is 32.0 Å². The molecular weight excluding hydrogens is 408 g/mol. The summed E-state index contributed by atoms with van der Waals surface area (Å²) in [4.78, 5) is 40.6. The van der Waals surface area contributed by atoms with Crippen molar-refractivity contribution >= 4 is 29.2 Å². The highest BCUT2D eigenvalue weighted by Gasteiger charge is 2.21. The molecule has 2 aromatic rings. The number of aryl methyl sites for hydroxylation is 1. The van der Waals surface area contributed by atoms with Crippen LogP contribution in [-0.2, 0) is 4.79 Å². The van der Waals surface area contributed by atoms with Gasteiger partial charge in [-0.15, -0.1) is 0 Å². The molecule has 0 bridgehead atoms.